The van der Waals surface area contributed by atoms with Crippen molar-refractivity contribution in [2.75, 3.05) is 30.5 Å². The van der Waals surface area contributed by atoms with Crippen LogP contribution in [0.1, 0.15) is 20.3 Å². The Labute approximate surface area is 116 Å². The van der Waals surface area contributed by atoms with Crippen molar-refractivity contribution >= 4 is 45.5 Å². The van der Waals surface area contributed by atoms with Crippen LogP contribution in [0.15, 0.2) is 0 Å². The fourth-order valence-corrected chi connectivity index (χ4v) is 2.46. The van der Waals surface area contributed by atoms with E-state index in [9.17, 15) is 9.59 Å². The summed E-state index contributed by atoms with van der Waals surface area (Å²) in [6.07, 6.45) is 1.24. The maximum atomic E-state index is 10.8. The lowest BCUT2D eigenvalue weighted by atomic mass is 10.4. The molecular weight excluding hydrogens is 280 g/mol. The normalized spacial score (nSPS) is 8.88. The molecule has 0 aromatic rings. The highest BCUT2D eigenvalue weighted by molar-refractivity contribution is 8.76. The molecule has 0 aliphatic carbocycles. The molecule has 7 heteroatoms. The molecule has 0 aromatic heterocycles. The van der Waals surface area contributed by atoms with Crippen molar-refractivity contribution in [3.05, 3.63) is 0 Å². The van der Waals surface area contributed by atoms with E-state index < -0.39 is 0 Å². The first-order valence-electron chi connectivity index (χ1n) is 5.46. The number of hydrogen-bond donors (Lipinski definition) is 2. The molecule has 17 heavy (non-hydrogen) atoms. The van der Waals surface area contributed by atoms with Gasteiger partial charge in [-0.25, -0.2) is 0 Å². The summed E-state index contributed by atoms with van der Waals surface area (Å²) in [6.45, 7) is 5.14. The van der Waals surface area contributed by atoms with Gasteiger partial charge in [0.2, 0.25) is 12.3 Å². The Kier molecular flexibility index (Phi) is 20.7. The molecule has 0 fully saturated rings. The van der Waals surface area contributed by atoms with E-state index >= 15 is 0 Å². The number of carbonyl (C=O) groups is 2. The lowest BCUT2D eigenvalue weighted by Gasteiger charge is -2.02. The molecule has 2 N–H and O–H groups in total. The molecule has 4 nitrogen and oxygen atoms in total. The average molecular weight is 301 g/mol. The second kappa shape index (κ2) is 18.3. The molecule has 0 saturated heterocycles. The molecule has 2 amide bonds. The second-order valence-electron chi connectivity index (χ2n) is 2.69. The van der Waals surface area contributed by atoms with Crippen molar-refractivity contribution in [3.63, 3.8) is 0 Å². The van der Waals surface area contributed by atoms with E-state index in [-0.39, 0.29) is 5.91 Å². The van der Waals surface area contributed by atoms with Gasteiger partial charge in [-0.15, -0.1) is 11.6 Å². The maximum Gasteiger partial charge on any atom is 0.219 e. The van der Waals surface area contributed by atoms with Crippen molar-refractivity contribution in [1.29, 1.82) is 0 Å². The van der Waals surface area contributed by atoms with Crippen LogP contribution in [0.2, 0.25) is 0 Å². The Morgan fingerprint density at radius 3 is 2.24 bits per heavy atom. The van der Waals surface area contributed by atoms with Crippen LogP contribution >= 0.6 is 33.2 Å². The third-order valence-electron chi connectivity index (χ3n) is 1.33. The number of rotatable bonds is 9. The lowest BCUT2D eigenvalue weighted by Crippen LogP contribution is -2.24. The minimum atomic E-state index is 0.0956. The summed E-state index contributed by atoms with van der Waals surface area (Å²) in [5, 5.41) is 5.37. The van der Waals surface area contributed by atoms with Crippen LogP contribution in [0.3, 0.4) is 0 Å². The van der Waals surface area contributed by atoms with E-state index in [1.807, 2.05) is 13.8 Å². The molecule has 0 unspecified atom stereocenters. The summed E-state index contributed by atoms with van der Waals surface area (Å²) in [5.41, 5.74) is 0. The van der Waals surface area contributed by atoms with Gasteiger partial charge < -0.3 is 10.6 Å². The highest BCUT2D eigenvalue weighted by Gasteiger charge is 1.95. The van der Waals surface area contributed by atoms with Gasteiger partial charge in [0.25, 0.3) is 0 Å². The summed E-state index contributed by atoms with van der Waals surface area (Å²) in [6, 6.07) is 0. The average Bonchev–Trinajstić information content (AvgIpc) is 2.33. The Morgan fingerprint density at radius 1 is 1.24 bits per heavy atom. The fourth-order valence-electron chi connectivity index (χ4n) is 0.634. The Balaban J connectivity index is 0. The first-order valence-corrected chi connectivity index (χ1v) is 8.49. The standard InChI is InChI=1S/C8H16N2O2S2.C2H5Cl/c1-2-8(12)10-4-6-14-13-5-3-9-7-11;1-2-3/h7H,2-6H2,1H3,(H,9,11)(H,10,12);2H2,1H3. The molecule has 0 heterocycles. The van der Waals surface area contributed by atoms with Crippen molar-refractivity contribution in [2.45, 2.75) is 20.3 Å². The largest absolute Gasteiger partial charge is 0.358 e. The van der Waals surface area contributed by atoms with Crippen LogP contribution in [0.5, 0.6) is 0 Å². The molecule has 0 aliphatic heterocycles. The Morgan fingerprint density at radius 2 is 1.76 bits per heavy atom. The predicted molar refractivity (Wildman–Crippen MR) is 78.7 cm³/mol. The van der Waals surface area contributed by atoms with Gasteiger partial charge in [0, 0.05) is 36.9 Å². The highest BCUT2D eigenvalue weighted by Crippen LogP contribution is 2.18. The minimum absolute atomic E-state index is 0.0956. The van der Waals surface area contributed by atoms with Crippen LogP contribution < -0.4 is 10.6 Å². The van der Waals surface area contributed by atoms with Gasteiger partial charge in [-0.3, -0.25) is 9.59 Å². The quantitative estimate of drug-likeness (QED) is 0.295. The molecule has 0 aliphatic rings. The minimum Gasteiger partial charge on any atom is -0.358 e. The van der Waals surface area contributed by atoms with Crippen LogP contribution in [0, 0.1) is 0 Å². The SMILES string of the molecule is CCC(=O)NCCSSCCNC=O.CCCl. The van der Waals surface area contributed by atoms with Crippen molar-refractivity contribution in [2.24, 2.45) is 0 Å². The van der Waals surface area contributed by atoms with Gasteiger partial charge in [-0.1, -0.05) is 35.4 Å². The summed E-state index contributed by atoms with van der Waals surface area (Å²) in [5.74, 6) is 2.61. The summed E-state index contributed by atoms with van der Waals surface area (Å²) in [7, 11) is 3.40. The van der Waals surface area contributed by atoms with E-state index in [2.05, 4.69) is 10.6 Å². The monoisotopic (exact) mass is 300 g/mol. The first kappa shape index (κ1) is 19.3. The topological polar surface area (TPSA) is 58.2 Å². The second-order valence-corrected chi connectivity index (χ2v) is 5.92. The van der Waals surface area contributed by atoms with Gasteiger partial charge in [0.05, 0.1) is 0 Å². The number of alkyl halides is 1. The fraction of sp³-hybridized carbons (Fsp3) is 0.800. The lowest BCUT2D eigenvalue weighted by molar-refractivity contribution is -0.120. The Bertz CT molecular complexity index is 186. The third-order valence-corrected chi connectivity index (χ3v) is 3.73. The molecule has 0 bridgehead atoms. The number of carbonyl (C=O) groups excluding carboxylic acids is 2. The molecule has 0 rings (SSSR count). The summed E-state index contributed by atoms with van der Waals surface area (Å²) >= 11 is 5.00. The van der Waals surface area contributed by atoms with Crippen molar-refractivity contribution < 1.29 is 9.59 Å². The smallest absolute Gasteiger partial charge is 0.219 e. The zero-order valence-electron chi connectivity index (χ0n) is 10.3. The zero-order valence-corrected chi connectivity index (χ0v) is 12.7. The molecule has 0 radical (unpaired) electrons. The van der Waals surface area contributed by atoms with Gasteiger partial charge in [-0.05, 0) is 0 Å². The van der Waals surface area contributed by atoms with Crippen molar-refractivity contribution in [3.8, 4) is 0 Å². The number of halogens is 1. The van der Waals surface area contributed by atoms with E-state index in [1.165, 1.54) is 0 Å². The predicted octanol–water partition coefficient (Wildman–Crippen LogP) is 1.89. The number of hydrogen-bond acceptors (Lipinski definition) is 4. The van der Waals surface area contributed by atoms with Crippen molar-refractivity contribution in [1.82, 2.24) is 10.6 Å². The molecule has 0 spiro atoms. The summed E-state index contributed by atoms with van der Waals surface area (Å²) in [4.78, 5) is 20.7. The van der Waals surface area contributed by atoms with Gasteiger partial charge in [-0.2, -0.15) is 0 Å². The zero-order chi connectivity index (χ0) is 13.4. The van der Waals surface area contributed by atoms with E-state index in [0.29, 0.717) is 25.9 Å². The van der Waals surface area contributed by atoms with Gasteiger partial charge in [0.1, 0.15) is 0 Å². The van der Waals surface area contributed by atoms with Gasteiger partial charge in [0.15, 0.2) is 0 Å². The molecule has 0 saturated carbocycles. The van der Waals surface area contributed by atoms with Crippen LogP contribution in [0.4, 0.5) is 0 Å². The van der Waals surface area contributed by atoms with E-state index in [4.69, 9.17) is 11.6 Å². The number of amides is 2. The van der Waals surface area contributed by atoms with E-state index in [0.717, 1.165) is 17.4 Å². The molecule has 102 valence electrons. The van der Waals surface area contributed by atoms with Crippen LogP contribution in [0.25, 0.3) is 0 Å². The number of nitrogens with one attached hydrogen (secondary N) is 2. The molecular formula is C10H21ClN2O2S2. The van der Waals surface area contributed by atoms with Crippen LogP contribution in [-0.2, 0) is 9.59 Å². The molecule has 0 aromatic carbocycles. The Hall–Kier alpha value is -0.0700. The van der Waals surface area contributed by atoms with Crippen LogP contribution in [-0.4, -0.2) is 42.8 Å². The van der Waals surface area contributed by atoms with Gasteiger partial charge >= 0.3 is 0 Å². The highest BCUT2D eigenvalue weighted by atomic mass is 35.5. The van der Waals surface area contributed by atoms with E-state index in [1.54, 1.807) is 21.6 Å². The summed E-state index contributed by atoms with van der Waals surface area (Å²) < 4.78 is 0. The molecule has 0 atom stereocenters. The third kappa shape index (κ3) is 21.7. The first-order chi connectivity index (χ1) is 8.22. The maximum absolute atomic E-state index is 10.8.